The first-order chi connectivity index (χ1) is 15.3. The molecule has 168 valence electrons. The molecule has 1 heterocycles. The minimum absolute atomic E-state index is 0.122. The second-order valence-corrected chi connectivity index (χ2v) is 8.99. The molecule has 1 fully saturated rings. The van der Waals surface area contributed by atoms with Gasteiger partial charge in [0.2, 0.25) is 5.91 Å². The molecule has 3 amide bonds. The largest absolute Gasteiger partial charge is 0.491 e. The number of ether oxygens (including phenoxy) is 1. The van der Waals surface area contributed by atoms with Crippen LogP contribution in [0.15, 0.2) is 53.4 Å². The second kappa shape index (κ2) is 10.5. The Balaban J connectivity index is 1.62. The minimum atomic E-state index is -0.467. The van der Waals surface area contributed by atoms with E-state index in [9.17, 15) is 14.4 Å². The quantitative estimate of drug-likeness (QED) is 0.523. The molecule has 0 aliphatic carbocycles. The highest BCUT2D eigenvalue weighted by atomic mass is 32.2. The maximum Gasteiger partial charge on any atom is 0.294 e. The highest BCUT2D eigenvalue weighted by Gasteiger charge is 2.36. The van der Waals surface area contributed by atoms with E-state index in [0.717, 1.165) is 34.4 Å². The molecule has 2 aromatic rings. The lowest BCUT2D eigenvalue weighted by Crippen LogP contribution is -2.36. The first-order valence-corrected chi connectivity index (χ1v) is 11.5. The molecule has 32 heavy (non-hydrogen) atoms. The van der Waals surface area contributed by atoms with Crippen LogP contribution in [0.25, 0.3) is 6.08 Å². The number of thioether (sulfide) groups is 1. The fourth-order valence-corrected chi connectivity index (χ4v) is 3.88. The Morgan fingerprint density at radius 3 is 2.31 bits per heavy atom. The van der Waals surface area contributed by atoms with Crippen LogP contribution in [0.4, 0.5) is 10.5 Å². The lowest BCUT2D eigenvalue weighted by Gasteiger charge is -2.13. The summed E-state index contributed by atoms with van der Waals surface area (Å²) in [4.78, 5) is 38.7. The second-order valence-electron chi connectivity index (χ2n) is 8.00. The van der Waals surface area contributed by atoms with Gasteiger partial charge in [0.25, 0.3) is 11.1 Å². The normalized spacial score (nSPS) is 16.0. The van der Waals surface area contributed by atoms with Crippen molar-refractivity contribution in [1.29, 1.82) is 0 Å². The SMILES string of the molecule is CC[C@@H](C)Oc1ccc(/C=C2\SC(=O)N(CC(=O)Nc3ccc(C(C)C)cc3)C2=O)cc1. The van der Waals surface area contributed by atoms with Crippen LogP contribution in [0.5, 0.6) is 5.75 Å². The summed E-state index contributed by atoms with van der Waals surface area (Å²) in [6.07, 6.45) is 2.68. The van der Waals surface area contributed by atoms with E-state index in [1.165, 1.54) is 5.56 Å². The van der Waals surface area contributed by atoms with E-state index < -0.39 is 17.1 Å². The molecule has 7 heteroatoms. The summed E-state index contributed by atoms with van der Waals surface area (Å²) in [5, 5.41) is 2.28. The van der Waals surface area contributed by atoms with E-state index >= 15 is 0 Å². The van der Waals surface area contributed by atoms with Gasteiger partial charge in [0.05, 0.1) is 11.0 Å². The van der Waals surface area contributed by atoms with Gasteiger partial charge < -0.3 is 10.1 Å². The van der Waals surface area contributed by atoms with Crippen molar-refractivity contribution in [3.8, 4) is 5.75 Å². The molecular formula is C25H28N2O4S. The topological polar surface area (TPSA) is 75.7 Å². The van der Waals surface area contributed by atoms with Gasteiger partial charge in [0.15, 0.2) is 0 Å². The summed E-state index contributed by atoms with van der Waals surface area (Å²) in [6, 6.07) is 14.9. The molecule has 0 bridgehead atoms. The lowest BCUT2D eigenvalue weighted by molar-refractivity contribution is -0.127. The fraction of sp³-hybridized carbons (Fsp3) is 0.320. The molecule has 0 radical (unpaired) electrons. The van der Waals surface area contributed by atoms with Gasteiger partial charge in [-0.05, 0) is 72.5 Å². The van der Waals surface area contributed by atoms with Crippen LogP contribution in [0.3, 0.4) is 0 Å². The first kappa shape index (κ1) is 23.6. The third kappa shape index (κ3) is 6.01. The molecule has 1 atom stereocenters. The zero-order chi connectivity index (χ0) is 23.3. The van der Waals surface area contributed by atoms with Gasteiger partial charge in [-0.15, -0.1) is 0 Å². The van der Waals surface area contributed by atoms with Gasteiger partial charge in [0.1, 0.15) is 12.3 Å². The molecule has 0 spiro atoms. The molecule has 1 aliphatic heterocycles. The first-order valence-electron chi connectivity index (χ1n) is 10.7. The Hall–Kier alpha value is -3.06. The number of hydrogen-bond acceptors (Lipinski definition) is 5. The number of carbonyl (C=O) groups is 3. The Morgan fingerprint density at radius 1 is 1.06 bits per heavy atom. The van der Waals surface area contributed by atoms with Crippen molar-refractivity contribution in [3.05, 3.63) is 64.6 Å². The molecular weight excluding hydrogens is 424 g/mol. The third-order valence-corrected chi connectivity index (χ3v) is 6.03. The van der Waals surface area contributed by atoms with Crippen molar-refractivity contribution in [2.45, 2.75) is 46.1 Å². The summed E-state index contributed by atoms with van der Waals surface area (Å²) < 4.78 is 5.75. The number of hydrogen-bond donors (Lipinski definition) is 1. The van der Waals surface area contributed by atoms with E-state index in [1.54, 1.807) is 6.08 Å². The van der Waals surface area contributed by atoms with Crippen LogP contribution in [0.2, 0.25) is 0 Å². The van der Waals surface area contributed by atoms with E-state index in [0.29, 0.717) is 16.5 Å². The number of nitrogens with one attached hydrogen (secondary N) is 1. The Labute approximate surface area is 193 Å². The molecule has 0 aromatic heterocycles. The van der Waals surface area contributed by atoms with Crippen LogP contribution in [-0.2, 0) is 9.59 Å². The van der Waals surface area contributed by atoms with E-state index in [1.807, 2.05) is 55.5 Å². The Bertz CT molecular complexity index is 1010. The summed E-state index contributed by atoms with van der Waals surface area (Å²) in [7, 11) is 0. The monoisotopic (exact) mass is 452 g/mol. The average Bonchev–Trinajstić information content (AvgIpc) is 3.02. The minimum Gasteiger partial charge on any atom is -0.491 e. The molecule has 0 saturated carbocycles. The van der Waals surface area contributed by atoms with Crippen molar-refractivity contribution < 1.29 is 19.1 Å². The number of amides is 3. The highest BCUT2D eigenvalue weighted by molar-refractivity contribution is 8.18. The van der Waals surface area contributed by atoms with E-state index in [-0.39, 0.29) is 12.6 Å². The smallest absolute Gasteiger partial charge is 0.294 e. The maximum absolute atomic E-state index is 12.7. The Kier molecular flexibility index (Phi) is 7.75. The van der Waals surface area contributed by atoms with Crippen molar-refractivity contribution in [3.63, 3.8) is 0 Å². The van der Waals surface area contributed by atoms with Crippen LogP contribution in [0.1, 0.15) is 51.2 Å². The van der Waals surface area contributed by atoms with Crippen molar-refractivity contribution in [2.75, 3.05) is 11.9 Å². The molecule has 6 nitrogen and oxygen atoms in total. The number of benzene rings is 2. The van der Waals surface area contributed by atoms with Gasteiger partial charge >= 0.3 is 0 Å². The van der Waals surface area contributed by atoms with Crippen molar-refractivity contribution >= 4 is 40.6 Å². The van der Waals surface area contributed by atoms with Crippen LogP contribution < -0.4 is 10.1 Å². The summed E-state index contributed by atoms with van der Waals surface area (Å²) in [5.74, 6) is 0.260. The van der Waals surface area contributed by atoms with Gasteiger partial charge in [-0.1, -0.05) is 45.0 Å². The third-order valence-electron chi connectivity index (χ3n) is 5.13. The molecule has 2 aromatic carbocycles. The molecule has 1 aliphatic rings. The van der Waals surface area contributed by atoms with Gasteiger partial charge in [-0.3, -0.25) is 19.3 Å². The van der Waals surface area contributed by atoms with Crippen LogP contribution in [-0.4, -0.2) is 34.6 Å². The number of carbonyl (C=O) groups excluding carboxylic acids is 3. The zero-order valence-corrected chi connectivity index (χ0v) is 19.6. The van der Waals surface area contributed by atoms with Crippen LogP contribution in [0, 0.1) is 0 Å². The number of rotatable bonds is 8. The molecule has 0 unspecified atom stereocenters. The predicted octanol–water partition coefficient (Wildman–Crippen LogP) is 5.66. The Morgan fingerprint density at radius 2 is 1.72 bits per heavy atom. The number of imide groups is 1. The van der Waals surface area contributed by atoms with Gasteiger partial charge in [-0.25, -0.2) is 0 Å². The van der Waals surface area contributed by atoms with Crippen molar-refractivity contribution in [2.24, 2.45) is 0 Å². The summed E-state index contributed by atoms with van der Waals surface area (Å²) in [6.45, 7) is 7.92. The maximum atomic E-state index is 12.7. The fourth-order valence-electron chi connectivity index (χ4n) is 3.04. The van der Waals surface area contributed by atoms with Crippen LogP contribution >= 0.6 is 11.8 Å². The number of anilines is 1. The average molecular weight is 453 g/mol. The van der Waals surface area contributed by atoms with Crippen molar-refractivity contribution in [1.82, 2.24) is 4.90 Å². The molecule has 1 N–H and O–H groups in total. The summed E-state index contributed by atoms with van der Waals surface area (Å²) in [5.41, 5.74) is 2.57. The summed E-state index contributed by atoms with van der Waals surface area (Å²) >= 11 is 0.836. The standard InChI is InChI=1S/C25H28N2O4S/c1-5-17(4)31-21-12-6-18(7-13-21)14-22-24(29)27(25(30)32-22)15-23(28)26-20-10-8-19(9-11-20)16(2)3/h6-14,16-17H,5,15H2,1-4H3,(H,26,28)/b22-14-/t17-/m1/s1. The van der Waals surface area contributed by atoms with E-state index in [4.69, 9.17) is 4.74 Å². The lowest BCUT2D eigenvalue weighted by atomic mass is 10.0. The van der Waals surface area contributed by atoms with Gasteiger partial charge in [-0.2, -0.15) is 0 Å². The molecule has 3 rings (SSSR count). The zero-order valence-electron chi connectivity index (χ0n) is 18.8. The predicted molar refractivity (Wildman–Crippen MR) is 129 cm³/mol. The molecule has 1 saturated heterocycles. The highest BCUT2D eigenvalue weighted by Crippen LogP contribution is 2.32. The van der Waals surface area contributed by atoms with Gasteiger partial charge in [0, 0.05) is 5.69 Å². The number of nitrogens with zero attached hydrogens (tertiary/aromatic N) is 1. The van der Waals surface area contributed by atoms with E-state index in [2.05, 4.69) is 26.1 Å².